The maximum absolute atomic E-state index is 12.8. The number of piperidine rings is 1. The summed E-state index contributed by atoms with van der Waals surface area (Å²) in [6.45, 7) is 2.37. The van der Waals surface area contributed by atoms with Gasteiger partial charge >= 0.3 is 6.18 Å². The van der Waals surface area contributed by atoms with E-state index in [4.69, 9.17) is 4.74 Å². The molecule has 2 heterocycles. The SMILES string of the molecule is COC1CCN(c2nc(C(F)(F)F)ccc2C(C)=O)CC1. The van der Waals surface area contributed by atoms with Crippen LogP contribution in [-0.2, 0) is 10.9 Å². The summed E-state index contributed by atoms with van der Waals surface area (Å²) >= 11 is 0. The first-order valence-corrected chi connectivity index (χ1v) is 6.70. The normalized spacial score (nSPS) is 17.1. The van der Waals surface area contributed by atoms with Crippen molar-refractivity contribution in [3.8, 4) is 0 Å². The molecule has 1 fully saturated rings. The molecule has 2 rings (SSSR count). The zero-order chi connectivity index (χ0) is 15.6. The molecule has 0 bridgehead atoms. The number of ketones is 1. The number of nitrogens with zero attached hydrogens (tertiary/aromatic N) is 2. The number of pyridine rings is 1. The molecule has 0 aromatic carbocycles. The average Bonchev–Trinajstić information content (AvgIpc) is 2.45. The summed E-state index contributed by atoms with van der Waals surface area (Å²) in [6.07, 6.45) is -3.01. The van der Waals surface area contributed by atoms with Crippen molar-refractivity contribution in [2.24, 2.45) is 0 Å². The van der Waals surface area contributed by atoms with E-state index >= 15 is 0 Å². The standard InChI is InChI=1S/C14H17F3N2O2/c1-9(20)11-3-4-12(14(15,16)17)18-13(11)19-7-5-10(21-2)6-8-19/h3-4,10H,5-8H2,1-2H3. The van der Waals surface area contributed by atoms with Crippen molar-refractivity contribution in [3.63, 3.8) is 0 Å². The van der Waals surface area contributed by atoms with Gasteiger partial charge in [0.1, 0.15) is 11.5 Å². The molecule has 0 unspecified atom stereocenters. The van der Waals surface area contributed by atoms with Gasteiger partial charge in [-0.3, -0.25) is 4.79 Å². The molecule has 0 aliphatic carbocycles. The van der Waals surface area contributed by atoms with E-state index in [-0.39, 0.29) is 23.3 Å². The zero-order valence-electron chi connectivity index (χ0n) is 11.9. The van der Waals surface area contributed by atoms with E-state index in [0.717, 1.165) is 6.07 Å². The Kier molecular flexibility index (Phi) is 4.51. The van der Waals surface area contributed by atoms with Crippen LogP contribution in [0.1, 0.15) is 35.8 Å². The molecule has 1 saturated heterocycles. The van der Waals surface area contributed by atoms with Crippen LogP contribution in [0, 0.1) is 0 Å². The molecule has 0 atom stereocenters. The fourth-order valence-electron chi connectivity index (χ4n) is 2.43. The summed E-state index contributed by atoms with van der Waals surface area (Å²) in [4.78, 5) is 17.0. The molecule has 1 aliphatic heterocycles. The smallest absolute Gasteiger partial charge is 0.381 e. The Morgan fingerprint density at radius 3 is 2.43 bits per heavy atom. The molecule has 4 nitrogen and oxygen atoms in total. The second-order valence-corrected chi connectivity index (χ2v) is 5.04. The molecule has 0 spiro atoms. The molecule has 1 aromatic heterocycles. The van der Waals surface area contributed by atoms with E-state index in [9.17, 15) is 18.0 Å². The average molecular weight is 302 g/mol. The van der Waals surface area contributed by atoms with Gasteiger partial charge < -0.3 is 9.64 Å². The Morgan fingerprint density at radius 2 is 1.95 bits per heavy atom. The van der Waals surface area contributed by atoms with E-state index in [1.165, 1.54) is 13.0 Å². The number of hydrogen-bond acceptors (Lipinski definition) is 4. The highest BCUT2D eigenvalue weighted by Crippen LogP contribution is 2.31. The quantitative estimate of drug-likeness (QED) is 0.805. The minimum absolute atomic E-state index is 0.104. The van der Waals surface area contributed by atoms with Gasteiger partial charge in [-0.2, -0.15) is 13.2 Å². The van der Waals surface area contributed by atoms with Gasteiger partial charge in [0.25, 0.3) is 0 Å². The number of alkyl halides is 3. The van der Waals surface area contributed by atoms with Crippen molar-refractivity contribution in [1.29, 1.82) is 0 Å². The van der Waals surface area contributed by atoms with Gasteiger partial charge in [-0.15, -0.1) is 0 Å². The van der Waals surface area contributed by atoms with E-state index in [1.54, 1.807) is 12.0 Å². The molecule has 1 aromatic rings. The fraction of sp³-hybridized carbons (Fsp3) is 0.571. The van der Waals surface area contributed by atoms with Gasteiger partial charge in [0, 0.05) is 20.2 Å². The van der Waals surface area contributed by atoms with Crippen molar-refractivity contribution in [2.45, 2.75) is 32.0 Å². The third-order valence-corrected chi connectivity index (χ3v) is 3.62. The molecule has 0 N–H and O–H groups in total. The van der Waals surface area contributed by atoms with Crippen LogP contribution in [0.2, 0.25) is 0 Å². The molecule has 0 saturated carbocycles. The van der Waals surface area contributed by atoms with Gasteiger partial charge in [-0.1, -0.05) is 0 Å². The molecule has 1 aliphatic rings. The first-order chi connectivity index (χ1) is 9.82. The second kappa shape index (κ2) is 6.01. The van der Waals surface area contributed by atoms with Gasteiger partial charge in [-0.25, -0.2) is 4.98 Å². The number of rotatable bonds is 3. The predicted octanol–water partition coefficient (Wildman–Crippen LogP) is 2.92. The molecular weight excluding hydrogens is 285 g/mol. The molecule has 0 amide bonds. The van der Waals surface area contributed by atoms with Gasteiger partial charge in [-0.05, 0) is 31.9 Å². The van der Waals surface area contributed by atoms with E-state index in [0.29, 0.717) is 25.9 Å². The second-order valence-electron chi connectivity index (χ2n) is 5.04. The minimum Gasteiger partial charge on any atom is -0.381 e. The van der Waals surface area contributed by atoms with Crippen LogP contribution in [0.3, 0.4) is 0 Å². The maximum Gasteiger partial charge on any atom is 0.433 e. The van der Waals surface area contributed by atoms with Gasteiger partial charge in [0.2, 0.25) is 0 Å². The third-order valence-electron chi connectivity index (χ3n) is 3.62. The molecule has 116 valence electrons. The highest BCUT2D eigenvalue weighted by Gasteiger charge is 2.34. The fourth-order valence-corrected chi connectivity index (χ4v) is 2.43. The van der Waals surface area contributed by atoms with Crippen molar-refractivity contribution in [2.75, 3.05) is 25.1 Å². The summed E-state index contributed by atoms with van der Waals surface area (Å²) in [5.41, 5.74) is -0.754. The maximum atomic E-state index is 12.8. The Bertz CT molecular complexity index is 523. The molecule has 21 heavy (non-hydrogen) atoms. The van der Waals surface area contributed by atoms with Crippen molar-refractivity contribution < 1.29 is 22.7 Å². The molecular formula is C14H17F3N2O2. The first kappa shape index (κ1) is 15.8. The summed E-state index contributed by atoms with van der Waals surface area (Å²) < 4.78 is 43.6. The summed E-state index contributed by atoms with van der Waals surface area (Å²) in [6, 6.07) is 2.05. The lowest BCUT2D eigenvalue weighted by atomic mass is 10.1. The molecule has 7 heteroatoms. The highest BCUT2D eigenvalue weighted by atomic mass is 19.4. The van der Waals surface area contributed by atoms with Crippen molar-refractivity contribution in [3.05, 3.63) is 23.4 Å². The predicted molar refractivity (Wildman–Crippen MR) is 71.5 cm³/mol. The van der Waals surface area contributed by atoms with Gasteiger partial charge in [0.15, 0.2) is 5.78 Å². The number of aromatic nitrogens is 1. The van der Waals surface area contributed by atoms with Crippen LogP contribution in [0.5, 0.6) is 0 Å². The van der Waals surface area contributed by atoms with Gasteiger partial charge in [0.05, 0.1) is 11.7 Å². The number of carbonyl (C=O) groups excluding carboxylic acids is 1. The van der Waals surface area contributed by atoms with Crippen molar-refractivity contribution in [1.82, 2.24) is 4.98 Å². The monoisotopic (exact) mass is 302 g/mol. The highest BCUT2D eigenvalue weighted by molar-refractivity contribution is 5.98. The minimum atomic E-state index is -4.52. The zero-order valence-corrected chi connectivity index (χ0v) is 11.9. The Balaban J connectivity index is 2.33. The Morgan fingerprint density at radius 1 is 1.33 bits per heavy atom. The number of anilines is 1. The van der Waals surface area contributed by atoms with Crippen LogP contribution in [0.15, 0.2) is 12.1 Å². The lowest BCUT2D eigenvalue weighted by Crippen LogP contribution is -2.38. The van der Waals surface area contributed by atoms with Crippen LogP contribution < -0.4 is 4.90 Å². The van der Waals surface area contributed by atoms with Crippen LogP contribution in [0.25, 0.3) is 0 Å². The number of Topliss-reactive ketones (excluding diaryl/α,β-unsaturated/α-hetero) is 1. The van der Waals surface area contributed by atoms with E-state index in [2.05, 4.69) is 4.98 Å². The van der Waals surface area contributed by atoms with Crippen LogP contribution in [0.4, 0.5) is 19.0 Å². The summed E-state index contributed by atoms with van der Waals surface area (Å²) in [5, 5.41) is 0. The number of carbonyl (C=O) groups is 1. The topological polar surface area (TPSA) is 42.4 Å². The lowest BCUT2D eigenvalue weighted by molar-refractivity contribution is -0.141. The number of halogens is 3. The van der Waals surface area contributed by atoms with E-state index < -0.39 is 11.9 Å². The van der Waals surface area contributed by atoms with Crippen LogP contribution >= 0.6 is 0 Å². The number of methoxy groups -OCH3 is 1. The van der Waals surface area contributed by atoms with Crippen LogP contribution in [-0.4, -0.2) is 37.1 Å². The lowest BCUT2D eigenvalue weighted by Gasteiger charge is -2.33. The number of ether oxygens (including phenoxy) is 1. The summed E-state index contributed by atoms with van der Waals surface area (Å²) in [5.74, 6) is -0.174. The largest absolute Gasteiger partial charge is 0.433 e. The first-order valence-electron chi connectivity index (χ1n) is 6.70. The Hall–Kier alpha value is -1.63. The molecule has 0 radical (unpaired) electrons. The number of hydrogen-bond donors (Lipinski definition) is 0. The van der Waals surface area contributed by atoms with E-state index in [1.807, 2.05) is 0 Å². The summed E-state index contributed by atoms with van der Waals surface area (Å²) in [7, 11) is 1.61. The Labute approximate surface area is 120 Å². The van der Waals surface area contributed by atoms with Crippen molar-refractivity contribution >= 4 is 11.6 Å². The third kappa shape index (κ3) is 3.53.